The summed E-state index contributed by atoms with van der Waals surface area (Å²) in [7, 11) is 0. The molecule has 2 N–H and O–H groups in total. The molecule has 0 fully saturated rings. The number of hydrogen-bond acceptors (Lipinski definition) is 4. The smallest absolute Gasteiger partial charge is 0.251 e. The van der Waals surface area contributed by atoms with Crippen molar-refractivity contribution in [3.63, 3.8) is 0 Å². The topological polar surface area (TPSA) is 84.7 Å². The number of rotatable bonds is 7. The summed E-state index contributed by atoms with van der Waals surface area (Å²) in [6, 6.07) is 10.6. The molecule has 27 heavy (non-hydrogen) atoms. The molecule has 0 aliphatic rings. The van der Waals surface area contributed by atoms with Gasteiger partial charge < -0.3 is 19.8 Å². The van der Waals surface area contributed by atoms with Gasteiger partial charge in [0, 0.05) is 43.5 Å². The number of carbonyl (C=O) groups is 2. The molecule has 2 amide bonds. The highest BCUT2D eigenvalue weighted by Crippen LogP contribution is 2.19. The van der Waals surface area contributed by atoms with E-state index >= 15 is 0 Å². The van der Waals surface area contributed by atoms with Crippen molar-refractivity contribution in [2.45, 2.75) is 20.3 Å². The van der Waals surface area contributed by atoms with Gasteiger partial charge in [-0.2, -0.15) is 0 Å². The van der Waals surface area contributed by atoms with Gasteiger partial charge in [0.1, 0.15) is 0 Å². The summed E-state index contributed by atoms with van der Waals surface area (Å²) >= 11 is 0. The first-order valence-electron chi connectivity index (χ1n) is 8.82. The molecule has 0 aliphatic carbocycles. The monoisotopic (exact) mass is 366 g/mol. The second kappa shape index (κ2) is 8.35. The van der Waals surface area contributed by atoms with Gasteiger partial charge in [0.05, 0.1) is 12.3 Å². The molecule has 140 valence electrons. The minimum absolute atomic E-state index is 0.175. The van der Waals surface area contributed by atoms with Crippen molar-refractivity contribution in [2.24, 2.45) is 0 Å². The standard InChI is InChI=1S/C20H22N4O3/c1-3-27-18-8-5-11-24-13-17(23-19(18)24)9-10-21-20(26)15-6-4-7-16(12-15)22-14(2)25/h4-8,11-13H,3,9-10H2,1-2H3,(H,21,26)(H,22,25). The van der Waals surface area contributed by atoms with Crippen LogP contribution in [0, 0.1) is 0 Å². The Morgan fingerprint density at radius 1 is 1.22 bits per heavy atom. The number of nitrogens with zero attached hydrogens (tertiary/aromatic N) is 2. The maximum atomic E-state index is 12.3. The molecular weight excluding hydrogens is 344 g/mol. The average Bonchev–Trinajstić information content (AvgIpc) is 3.05. The van der Waals surface area contributed by atoms with E-state index in [4.69, 9.17) is 4.74 Å². The number of nitrogens with one attached hydrogen (secondary N) is 2. The van der Waals surface area contributed by atoms with Crippen molar-refractivity contribution < 1.29 is 14.3 Å². The van der Waals surface area contributed by atoms with E-state index in [1.807, 2.05) is 35.9 Å². The Hall–Kier alpha value is -3.35. The molecular formula is C20H22N4O3. The fraction of sp³-hybridized carbons (Fsp3) is 0.250. The summed E-state index contributed by atoms with van der Waals surface area (Å²) in [6.07, 6.45) is 4.45. The van der Waals surface area contributed by atoms with E-state index in [1.165, 1.54) is 6.92 Å². The Labute approximate surface area is 157 Å². The van der Waals surface area contributed by atoms with Crippen LogP contribution in [0.15, 0.2) is 48.8 Å². The van der Waals surface area contributed by atoms with Crippen LogP contribution < -0.4 is 15.4 Å². The quantitative estimate of drug-likeness (QED) is 0.673. The van der Waals surface area contributed by atoms with Crippen molar-refractivity contribution in [1.29, 1.82) is 0 Å². The predicted octanol–water partition coefficient (Wildman–Crippen LogP) is 2.66. The zero-order chi connectivity index (χ0) is 19.2. The molecule has 7 nitrogen and oxygen atoms in total. The third-order valence-corrected chi connectivity index (χ3v) is 3.91. The minimum Gasteiger partial charge on any atom is -0.490 e. The number of carbonyl (C=O) groups excluding carboxylic acids is 2. The lowest BCUT2D eigenvalue weighted by Crippen LogP contribution is -2.25. The van der Waals surface area contributed by atoms with Crippen LogP contribution in [0.25, 0.3) is 5.65 Å². The fourth-order valence-electron chi connectivity index (χ4n) is 2.77. The summed E-state index contributed by atoms with van der Waals surface area (Å²) in [5.74, 6) is 0.372. The second-order valence-corrected chi connectivity index (χ2v) is 6.04. The molecule has 2 aromatic heterocycles. The Kier molecular flexibility index (Phi) is 5.71. The van der Waals surface area contributed by atoms with Gasteiger partial charge in [-0.3, -0.25) is 9.59 Å². The number of aromatic nitrogens is 2. The first-order chi connectivity index (χ1) is 13.1. The number of hydrogen-bond donors (Lipinski definition) is 2. The van der Waals surface area contributed by atoms with Gasteiger partial charge in [0.2, 0.25) is 5.91 Å². The predicted molar refractivity (Wildman–Crippen MR) is 103 cm³/mol. The van der Waals surface area contributed by atoms with Crippen molar-refractivity contribution >= 4 is 23.1 Å². The number of imidazole rings is 1. The van der Waals surface area contributed by atoms with Gasteiger partial charge in [-0.15, -0.1) is 0 Å². The normalized spacial score (nSPS) is 10.6. The number of ether oxygens (including phenoxy) is 1. The van der Waals surface area contributed by atoms with Crippen LogP contribution in [-0.4, -0.2) is 34.4 Å². The third-order valence-electron chi connectivity index (χ3n) is 3.91. The summed E-state index contributed by atoms with van der Waals surface area (Å²) in [6.45, 7) is 4.40. The van der Waals surface area contributed by atoms with E-state index in [2.05, 4.69) is 15.6 Å². The first-order valence-corrected chi connectivity index (χ1v) is 8.82. The van der Waals surface area contributed by atoms with Crippen LogP contribution in [-0.2, 0) is 11.2 Å². The van der Waals surface area contributed by atoms with E-state index in [0.29, 0.717) is 30.8 Å². The summed E-state index contributed by atoms with van der Waals surface area (Å²) in [5.41, 5.74) is 2.73. The van der Waals surface area contributed by atoms with Gasteiger partial charge in [0.15, 0.2) is 11.4 Å². The SMILES string of the molecule is CCOc1cccn2cc(CCNC(=O)c3cccc(NC(C)=O)c3)nc12. The van der Waals surface area contributed by atoms with Gasteiger partial charge in [-0.25, -0.2) is 4.98 Å². The first kappa shape index (κ1) is 18.4. The average molecular weight is 366 g/mol. The number of amides is 2. The molecule has 0 saturated heterocycles. The zero-order valence-corrected chi connectivity index (χ0v) is 15.4. The van der Waals surface area contributed by atoms with Crippen molar-refractivity contribution in [1.82, 2.24) is 14.7 Å². The van der Waals surface area contributed by atoms with E-state index in [-0.39, 0.29) is 11.8 Å². The van der Waals surface area contributed by atoms with Crippen molar-refractivity contribution in [3.05, 3.63) is 60.0 Å². The second-order valence-electron chi connectivity index (χ2n) is 6.04. The van der Waals surface area contributed by atoms with E-state index < -0.39 is 0 Å². The zero-order valence-electron chi connectivity index (χ0n) is 15.4. The van der Waals surface area contributed by atoms with E-state index in [9.17, 15) is 9.59 Å². The van der Waals surface area contributed by atoms with Crippen LogP contribution in [0.5, 0.6) is 5.75 Å². The lowest BCUT2D eigenvalue weighted by molar-refractivity contribution is -0.114. The molecule has 0 bridgehead atoms. The highest BCUT2D eigenvalue weighted by atomic mass is 16.5. The lowest BCUT2D eigenvalue weighted by Gasteiger charge is -2.06. The highest BCUT2D eigenvalue weighted by Gasteiger charge is 2.09. The van der Waals surface area contributed by atoms with Crippen LogP contribution >= 0.6 is 0 Å². The number of fused-ring (bicyclic) bond motifs is 1. The Morgan fingerprint density at radius 3 is 2.85 bits per heavy atom. The van der Waals surface area contributed by atoms with Gasteiger partial charge in [-0.1, -0.05) is 6.07 Å². The fourth-order valence-corrected chi connectivity index (χ4v) is 2.77. The molecule has 0 spiro atoms. The molecule has 7 heteroatoms. The molecule has 0 atom stereocenters. The van der Waals surface area contributed by atoms with Crippen LogP contribution in [0.1, 0.15) is 29.9 Å². The molecule has 1 aromatic carbocycles. The summed E-state index contributed by atoms with van der Waals surface area (Å²) in [4.78, 5) is 28.0. The number of pyridine rings is 1. The van der Waals surface area contributed by atoms with E-state index in [1.54, 1.807) is 24.3 Å². The van der Waals surface area contributed by atoms with Crippen LogP contribution in [0.4, 0.5) is 5.69 Å². The molecule has 0 saturated carbocycles. The molecule has 0 unspecified atom stereocenters. The Morgan fingerprint density at radius 2 is 2.07 bits per heavy atom. The minimum atomic E-state index is -0.194. The third kappa shape index (κ3) is 4.63. The highest BCUT2D eigenvalue weighted by molar-refractivity contribution is 5.96. The maximum absolute atomic E-state index is 12.3. The summed E-state index contributed by atoms with van der Waals surface area (Å²) < 4.78 is 7.50. The van der Waals surface area contributed by atoms with Crippen molar-refractivity contribution in [2.75, 3.05) is 18.5 Å². The number of benzene rings is 1. The van der Waals surface area contributed by atoms with Crippen LogP contribution in [0.2, 0.25) is 0 Å². The lowest BCUT2D eigenvalue weighted by atomic mass is 10.2. The van der Waals surface area contributed by atoms with E-state index in [0.717, 1.165) is 17.1 Å². The Balaban J connectivity index is 1.61. The summed E-state index contributed by atoms with van der Waals surface area (Å²) in [5, 5.41) is 5.55. The van der Waals surface area contributed by atoms with Gasteiger partial charge >= 0.3 is 0 Å². The largest absolute Gasteiger partial charge is 0.490 e. The Bertz CT molecular complexity index is 965. The number of anilines is 1. The van der Waals surface area contributed by atoms with Gasteiger partial charge in [-0.05, 0) is 37.3 Å². The maximum Gasteiger partial charge on any atom is 0.251 e. The molecule has 3 aromatic rings. The molecule has 0 aliphatic heterocycles. The molecule has 0 radical (unpaired) electrons. The molecule has 2 heterocycles. The van der Waals surface area contributed by atoms with Gasteiger partial charge in [0.25, 0.3) is 5.91 Å². The van der Waals surface area contributed by atoms with Crippen LogP contribution in [0.3, 0.4) is 0 Å². The molecule has 3 rings (SSSR count). The van der Waals surface area contributed by atoms with Crippen molar-refractivity contribution in [3.8, 4) is 5.75 Å².